The molecule has 2 aromatic rings. The molecular formula is C19H24N2O3S. The molecule has 0 bridgehead atoms. The number of hydrogen-bond donors (Lipinski definition) is 2. The van der Waals surface area contributed by atoms with Crippen LogP contribution in [0, 0.1) is 0 Å². The number of benzene rings is 2. The number of sulfone groups is 1. The van der Waals surface area contributed by atoms with Crippen LogP contribution in [0.4, 0.5) is 0 Å². The van der Waals surface area contributed by atoms with E-state index in [9.17, 15) is 13.2 Å². The summed E-state index contributed by atoms with van der Waals surface area (Å²) in [5.41, 5.74) is 8.97. The largest absolute Gasteiger partial charge is 0.348 e. The molecule has 6 heteroatoms. The van der Waals surface area contributed by atoms with Gasteiger partial charge in [-0.2, -0.15) is 0 Å². The first-order valence-corrected chi connectivity index (χ1v) is 10.2. The number of rotatable bonds is 7. The van der Waals surface area contributed by atoms with Gasteiger partial charge in [-0.1, -0.05) is 54.6 Å². The fraction of sp³-hybridized carbons (Fsp3) is 0.316. The van der Waals surface area contributed by atoms with Crippen molar-refractivity contribution in [2.24, 2.45) is 5.73 Å². The maximum absolute atomic E-state index is 12.1. The van der Waals surface area contributed by atoms with Gasteiger partial charge in [0.2, 0.25) is 5.91 Å². The lowest BCUT2D eigenvalue weighted by Gasteiger charge is -2.18. The van der Waals surface area contributed by atoms with Crippen LogP contribution in [0.2, 0.25) is 0 Å². The van der Waals surface area contributed by atoms with Gasteiger partial charge in [-0.3, -0.25) is 4.79 Å². The Balaban J connectivity index is 1.96. The number of carbonyl (C=O) groups is 1. The zero-order valence-corrected chi connectivity index (χ0v) is 15.3. The van der Waals surface area contributed by atoms with Crippen molar-refractivity contribution in [3.63, 3.8) is 0 Å². The minimum Gasteiger partial charge on any atom is -0.348 e. The fourth-order valence-electron chi connectivity index (χ4n) is 2.47. The standard InChI is InChI=1S/C19H24N2O3S/c1-14(21-19(22)18(20)12-13-25(2,23)24)15-8-10-17(11-9-15)16-6-4-3-5-7-16/h3-11,14,18H,12-13,20H2,1-2H3,(H,21,22). The number of amides is 1. The molecule has 0 aliphatic carbocycles. The van der Waals surface area contributed by atoms with Gasteiger partial charge in [0, 0.05) is 6.26 Å². The van der Waals surface area contributed by atoms with Crippen molar-refractivity contribution in [3.8, 4) is 11.1 Å². The van der Waals surface area contributed by atoms with Crippen molar-refractivity contribution in [3.05, 3.63) is 60.2 Å². The van der Waals surface area contributed by atoms with E-state index in [0.717, 1.165) is 22.9 Å². The highest BCUT2D eigenvalue weighted by molar-refractivity contribution is 7.90. The van der Waals surface area contributed by atoms with Crippen molar-refractivity contribution in [2.45, 2.75) is 25.4 Å². The maximum atomic E-state index is 12.1. The Labute approximate surface area is 149 Å². The van der Waals surface area contributed by atoms with E-state index in [0.29, 0.717) is 0 Å². The Hall–Kier alpha value is -2.18. The molecule has 0 aromatic heterocycles. The van der Waals surface area contributed by atoms with Gasteiger partial charge in [-0.25, -0.2) is 8.42 Å². The van der Waals surface area contributed by atoms with Gasteiger partial charge in [0.25, 0.3) is 0 Å². The first kappa shape index (κ1) is 19.1. The Morgan fingerprint density at radius 3 is 2.16 bits per heavy atom. The number of hydrogen-bond acceptors (Lipinski definition) is 4. The first-order chi connectivity index (χ1) is 11.8. The summed E-state index contributed by atoms with van der Waals surface area (Å²) in [6, 6.07) is 17.0. The smallest absolute Gasteiger partial charge is 0.237 e. The van der Waals surface area contributed by atoms with E-state index in [-0.39, 0.29) is 24.1 Å². The molecule has 1 amide bonds. The molecule has 0 spiro atoms. The van der Waals surface area contributed by atoms with Gasteiger partial charge in [0.1, 0.15) is 9.84 Å². The SMILES string of the molecule is CC(NC(=O)C(N)CCS(C)(=O)=O)c1ccc(-c2ccccc2)cc1. The highest BCUT2D eigenvalue weighted by Crippen LogP contribution is 2.21. The van der Waals surface area contributed by atoms with Crippen LogP contribution in [-0.4, -0.2) is 32.4 Å². The minimum atomic E-state index is -3.12. The van der Waals surface area contributed by atoms with E-state index >= 15 is 0 Å². The molecule has 0 aliphatic heterocycles. The van der Waals surface area contributed by atoms with Crippen LogP contribution in [0.15, 0.2) is 54.6 Å². The van der Waals surface area contributed by atoms with E-state index in [1.807, 2.05) is 61.5 Å². The summed E-state index contributed by atoms with van der Waals surface area (Å²) in [6.07, 6.45) is 1.25. The van der Waals surface area contributed by atoms with E-state index in [1.165, 1.54) is 0 Å². The fourth-order valence-corrected chi connectivity index (χ4v) is 3.15. The lowest BCUT2D eigenvalue weighted by molar-refractivity contribution is -0.123. The second-order valence-electron chi connectivity index (χ2n) is 6.24. The van der Waals surface area contributed by atoms with Crippen LogP contribution in [0.25, 0.3) is 11.1 Å². The van der Waals surface area contributed by atoms with Crippen molar-refractivity contribution < 1.29 is 13.2 Å². The summed E-state index contributed by atoms with van der Waals surface area (Å²) >= 11 is 0. The van der Waals surface area contributed by atoms with Gasteiger partial charge in [0.05, 0.1) is 17.8 Å². The Morgan fingerprint density at radius 1 is 1.04 bits per heavy atom. The van der Waals surface area contributed by atoms with Crippen LogP contribution in [0.5, 0.6) is 0 Å². The molecule has 3 N–H and O–H groups in total. The summed E-state index contributed by atoms with van der Waals surface area (Å²) in [5.74, 6) is -0.440. The maximum Gasteiger partial charge on any atom is 0.237 e. The van der Waals surface area contributed by atoms with Gasteiger partial charge in [0.15, 0.2) is 0 Å². The molecule has 5 nitrogen and oxygen atoms in total. The molecular weight excluding hydrogens is 336 g/mol. The quantitative estimate of drug-likeness (QED) is 0.793. The molecule has 0 heterocycles. The van der Waals surface area contributed by atoms with Crippen LogP contribution < -0.4 is 11.1 Å². The third-order valence-corrected chi connectivity index (χ3v) is 4.99. The predicted molar refractivity (Wildman–Crippen MR) is 101 cm³/mol. The molecule has 25 heavy (non-hydrogen) atoms. The van der Waals surface area contributed by atoms with Gasteiger partial charge < -0.3 is 11.1 Å². The first-order valence-electron chi connectivity index (χ1n) is 8.15. The lowest BCUT2D eigenvalue weighted by Crippen LogP contribution is -2.42. The summed E-state index contributed by atoms with van der Waals surface area (Å²) in [4.78, 5) is 12.1. The van der Waals surface area contributed by atoms with Crippen LogP contribution >= 0.6 is 0 Å². The van der Waals surface area contributed by atoms with Crippen molar-refractivity contribution in [1.29, 1.82) is 0 Å². The minimum absolute atomic E-state index is 0.0955. The molecule has 0 saturated carbocycles. The molecule has 0 aliphatic rings. The van der Waals surface area contributed by atoms with Crippen molar-refractivity contribution in [2.75, 3.05) is 12.0 Å². The third-order valence-electron chi connectivity index (χ3n) is 4.01. The zero-order valence-electron chi connectivity index (χ0n) is 14.5. The van der Waals surface area contributed by atoms with E-state index in [2.05, 4.69) is 5.32 Å². The van der Waals surface area contributed by atoms with Crippen molar-refractivity contribution >= 4 is 15.7 Å². The summed E-state index contributed by atoms with van der Waals surface area (Å²) in [7, 11) is -3.12. The Bertz CT molecular complexity index is 802. The second-order valence-corrected chi connectivity index (χ2v) is 8.50. The average molecular weight is 360 g/mol. The molecule has 0 radical (unpaired) electrons. The molecule has 2 atom stereocenters. The monoisotopic (exact) mass is 360 g/mol. The molecule has 0 saturated heterocycles. The normalized spacial score (nSPS) is 13.9. The molecule has 2 unspecified atom stereocenters. The zero-order chi connectivity index (χ0) is 18.4. The topological polar surface area (TPSA) is 89.3 Å². The van der Waals surface area contributed by atoms with Crippen LogP contribution in [0.3, 0.4) is 0 Å². The third kappa shape index (κ3) is 5.99. The van der Waals surface area contributed by atoms with Crippen LogP contribution in [0.1, 0.15) is 24.9 Å². The van der Waals surface area contributed by atoms with E-state index < -0.39 is 15.9 Å². The van der Waals surface area contributed by atoms with Crippen molar-refractivity contribution in [1.82, 2.24) is 5.32 Å². The summed E-state index contributed by atoms with van der Waals surface area (Å²) in [6.45, 7) is 1.87. The molecule has 134 valence electrons. The molecule has 0 fully saturated rings. The lowest BCUT2D eigenvalue weighted by atomic mass is 10.0. The highest BCUT2D eigenvalue weighted by atomic mass is 32.2. The Kier molecular flexibility index (Phi) is 6.33. The summed E-state index contributed by atoms with van der Waals surface area (Å²) < 4.78 is 22.3. The number of carbonyl (C=O) groups excluding carboxylic acids is 1. The summed E-state index contributed by atoms with van der Waals surface area (Å²) in [5, 5.41) is 2.83. The van der Waals surface area contributed by atoms with Gasteiger partial charge in [-0.15, -0.1) is 0 Å². The molecule has 2 aromatic carbocycles. The van der Waals surface area contributed by atoms with E-state index in [1.54, 1.807) is 0 Å². The number of nitrogens with two attached hydrogens (primary N) is 1. The average Bonchev–Trinajstić information content (AvgIpc) is 2.59. The second kappa shape index (κ2) is 8.27. The van der Waals surface area contributed by atoms with Gasteiger partial charge >= 0.3 is 0 Å². The number of nitrogens with one attached hydrogen (secondary N) is 1. The Morgan fingerprint density at radius 2 is 1.60 bits per heavy atom. The van der Waals surface area contributed by atoms with E-state index in [4.69, 9.17) is 5.73 Å². The molecule has 2 rings (SSSR count). The predicted octanol–water partition coefficient (Wildman–Crippen LogP) is 2.29. The highest BCUT2D eigenvalue weighted by Gasteiger charge is 2.18. The van der Waals surface area contributed by atoms with Gasteiger partial charge in [-0.05, 0) is 30.0 Å². The van der Waals surface area contributed by atoms with Crippen LogP contribution in [-0.2, 0) is 14.6 Å².